The van der Waals surface area contributed by atoms with Crippen molar-refractivity contribution in [1.82, 2.24) is 5.32 Å². The Hall–Kier alpha value is -2.29. The van der Waals surface area contributed by atoms with Crippen LogP contribution in [0.4, 0.5) is 5.69 Å². The van der Waals surface area contributed by atoms with Gasteiger partial charge in [0.15, 0.2) is 0 Å². The van der Waals surface area contributed by atoms with Gasteiger partial charge in [0, 0.05) is 5.69 Å². The molecule has 3 N–H and O–H groups in total. The zero-order valence-corrected chi connectivity index (χ0v) is 12.1. The highest BCUT2D eigenvalue weighted by Gasteiger charge is 2.14. The van der Waals surface area contributed by atoms with E-state index in [1.165, 1.54) is 11.1 Å². The number of rotatable bonds is 3. The predicted octanol–water partition coefficient (Wildman–Crippen LogP) is 3.38. The fraction of sp³-hybridized carbons (Fsp3) is 0.235. The van der Waals surface area contributed by atoms with Crippen LogP contribution in [0, 0.1) is 13.8 Å². The number of nitrogen functional groups attached to an aromatic ring is 1. The molecule has 0 aromatic heterocycles. The molecular weight excluding hydrogens is 248 g/mol. The van der Waals surface area contributed by atoms with E-state index in [0.29, 0.717) is 11.3 Å². The third-order valence-electron chi connectivity index (χ3n) is 3.44. The average Bonchev–Trinajstić information content (AvgIpc) is 2.38. The van der Waals surface area contributed by atoms with Crippen LogP contribution in [0.15, 0.2) is 42.5 Å². The Morgan fingerprint density at radius 2 is 1.85 bits per heavy atom. The molecular formula is C17H20N2O. The summed E-state index contributed by atoms with van der Waals surface area (Å²) in [4.78, 5) is 12.2. The molecule has 3 heteroatoms. The highest BCUT2D eigenvalue weighted by molar-refractivity contribution is 5.99. The Kier molecular flexibility index (Phi) is 4.08. The molecule has 1 atom stereocenters. The van der Waals surface area contributed by atoms with Crippen LogP contribution in [0.1, 0.15) is 40.0 Å². The first kappa shape index (κ1) is 14.1. The molecule has 0 spiro atoms. The fourth-order valence-corrected chi connectivity index (χ4v) is 2.37. The molecule has 20 heavy (non-hydrogen) atoms. The summed E-state index contributed by atoms with van der Waals surface area (Å²) in [6.45, 7) is 6.10. The van der Waals surface area contributed by atoms with Gasteiger partial charge in [0.1, 0.15) is 0 Å². The molecule has 0 aliphatic carbocycles. The van der Waals surface area contributed by atoms with E-state index in [2.05, 4.69) is 37.4 Å². The van der Waals surface area contributed by atoms with Crippen molar-refractivity contribution >= 4 is 11.6 Å². The number of nitrogens with one attached hydrogen (secondary N) is 1. The molecule has 0 heterocycles. The van der Waals surface area contributed by atoms with Crippen LogP contribution in [-0.2, 0) is 0 Å². The van der Waals surface area contributed by atoms with Crippen molar-refractivity contribution in [3.05, 3.63) is 64.7 Å². The highest BCUT2D eigenvalue weighted by atomic mass is 16.1. The van der Waals surface area contributed by atoms with Crippen LogP contribution in [-0.4, -0.2) is 5.91 Å². The van der Waals surface area contributed by atoms with Gasteiger partial charge in [-0.2, -0.15) is 0 Å². The van der Waals surface area contributed by atoms with Gasteiger partial charge in [0.25, 0.3) is 5.91 Å². The Morgan fingerprint density at radius 3 is 2.50 bits per heavy atom. The zero-order chi connectivity index (χ0) is 14.7. The van der Waals surface area contributed by atoms with E-state index in [1.807, 2.05) is 19.1 Å². The standard InChI is InChI=1S/C17H20N2O/c1-11-8-9-14(12(2)10-11)13(3)19-17(20)15-6-4-5-7-16(15)18/h4-10,13H,18H2,1-3H3,(H,19,20). The average molecular weight is 268 g/mol. The fourth-order valence-electron chi connectivity index (χ4n) is 2.37. The molecule has 2 aromatic carbocycles. The van der Waals surface area contributed by atoms with Crippen LogP contribution in [0.5, 0.6) is 0 Å². The number of nitrogens with two attached hydrogens (primary N) is 1. The smallest absolute Gasteiger partial charge is 0.253 e. The Bertz CT molecular complexity index is 635. The van der Waals surface area contributed by atoms with Crippen molar-refractivity contribution in [3.8, 4) is 0 Å². The van der Waals surface area contributed by atoms with Gasteiger partial charge in [-0.3, -0.25) is 4.79 Å². The molecule has 3 nitrogen and oxygen atoms in total. The quantitative estimate of drug-likeness (QED) is 0.838. The van der Waals surface area contributed by atoms with Crippen molar-refractivity contribution < 1.29 is 4.79 Å². The molecule has 1 amide bonds. The second-order valence-corrected chi connectivity index (χ2v) is 5.14. The van der Waals surface area contributed by atoms with Gasteiger partial charge in [-0.1, -0.05) is 35.9 Å². The second-order valence-electron chi connectivity index (χ2n) is 5.14. The van der Waals surface area contributed by atoms with Crippen LogP contribution >= 0.6 is 0 Å². The first-order chi connectivity index (χ1) is 9.49. The Labute approximate surface area is 119 Å². The van der Waals surface area contributed by atoms with E-state index in [9.17, 15) is 4.79 Å². The number of anilines is 1. The minimum Gasteiger partial charge on any atom is -0.398 e. The molecule has 0 fully saturated rings. The lowest BCUT2D eigenvalue weighted by Crippen LogP contribution is -2.27. The molecule has 2 rings (SSSR count). The van der Waals surface area contributed by atoms with E-state index >= 15 is 0 Å². The van der Waals surface area contributed by atoms with Crippen molar-refractivity contribution in [3.63, 3.8) is 0 Å². The van der Waals surface area contributed by atoms with Crippen LogP contribution in [0.2, 0.25) is 0 Å². The lowest BCUT2D eigenvalue weighted by atomic mass is 10.00. The number of aryl methyl sites for hydroxylation is 2. The normalized spacial score (nSPS) is 11.9. The summed E-state index contributed by atoms with van der Waals surface area (Å²) in [5, 5.41) is 2.99. The van der Waals surface area contributed by atoms with Crippen LogP contribution < -0.4 is 11.1 Å². The molecule has 104 valence electrons. The summed E-state index contributed by atoms with van der Waals surface area (Å²) in [6.07, 6.45) is 0. The molecule has 0 saturated carbocycles. The van der Waals surface area contributed by atoms with Gasteiger partial charge < -0.3 is 11.1 Å². The summed E-state index contributed by atoms with van der Waals surface area (Å²) in [5.41, 5.74) is 10.4. The molecule has 0 saturated heterocycles. The van der Waals surface area contributed by atoms with Crippen LogP contribution in [0.25, 0.3) is 0 Å². The third-order valence-corrected chi connectivity index (χ3v) is 3.44. The lowest BCUT2D eigenvalue weighted by molar-refractivity contribution is 0.0940. The van der Waals surface area contributed by atoms with Crippen molar-refractivity contribution in [2.24, 2.45) is 0 Å². The minimum atomic E-state index is -0.143. The molecule has 1 unspecified atom stereocenters. The number of benzene rings is 2. The SMILES string of the molecule is Cc1ccc(C(C)NC(=O)c2ccccc2N)c(C)c1. The van der Waals surface area contributed by atoms with Gasteiger partial charge in [-0.15, -0.1) is 0 Å². The van der Waals surface area contributed by atoms with Crippen LogP contribution in [0.3, 0.4) is 0 Å². The molecule has 2 aromatic rings. The number of carbonyl (C=O) groups is 1. The number of carbonyl (C=O) groups excluding carboxylic acids is 1. The van der Waals surface area contributed by atoms with E-state index < -0.39 is 0 Å². The maximum absolute atomic E-state index is 12.2. The minimum absolute atomic E-state index is 0.0530. The summed E-state index contributed by atoms with van der Waals surface area (Å²) < 4.78 is 0. The van der Waals surface area contributed by atoms with E-state index in [-0.39, 0.29) is 11.9 Å². The maximum Gasteiger partial charge on any atom is 0.253 e. The van der Waals surface area contributed by atoms with Gasteiger partial charge in [-0.25, -0.2) is 0 Å². The first-order valence-electron chi connectivity index (χ1n) is 6.71. The Morgan fingerprint density at radius 1 is 1.15 bits per heavy atom. The summed E-state index contributed by atoms with van der Waals surface area (Å²) in [7, 11) is 0. The second kappa shape index (κ2) is 5.78. The largest absolute Gasteiger partial charge is 0.398 e. The molecule has 0 bridgehead atoms. The Balaban J connectivity index is 2.17. The lowest BCUT2D eigenvalue weighted by Gasteiger charge is -2.17. The number of hydrogen-bond acceptors (Lipinski definition) is 2. The molecule has 0 aliphatic heterocycles. The summed E-state index contributed by atoms with van der Waals surface area (Å²) in [5.74, 6) is -0.143. The molecule has 0 aliphatic rings. The van der Waals surface area contributed by atoms with Crippen molar-refractivity contribution in [1.29, 1.82) is 0 Å². The topological polar surface area (TPSA) is 55.1 Å². The van der Waals surface area contributed by atoms with Gasteiger partial charge in [0.05, 0.1) is 11.6 Å². The summed E-state index contributed by atoms with van der Waals surface area (Å²) in [6, 6.07) is 13.3. The van der Waals surface area contributed by atoms with Crippen molar-refractivity contribution in [2.75, 3.05) is 5.73 Å². The monoisotopic (exact) mass is 268 g/mol. The van der Waals surface area contributed by atoms with E-state index in [4.69, 9.17) is 5.73 Å². The van der Waals surface area contributed by atoms with Gasteiger partial charge >= 0.3 is 0 Å². The third kappa shape index (κ3) is 2.99. The van der Waals surface area contributed by atoms with Gasteiger partial charge in [0.2, 0.25) is 0 Å². The van der Waals surface area contributed by atoms with E-state index in [1.54, 1.807) is 12.1 Å². The number of hydrogen-bond donors (Lipinski definition) is 2. The zero-order valence-electron chi connectivity index (χ0n) is 12.1. The number of amides is 1. The highest BCUT2D eigenvalue weighted by Crippen LogP contribution is 2.20. The van der Waals surface area contributed by atoms with E-state index in [0.717, 1.165) is 5.56 Å². The summed E-state index contributed by atoms with van der Waals surface area (Å²) >= 11 is 0. The van der Waals surface area contributed by atoms with Gasteiger partial charge in [-0.05, 0) is 44.0 Å². The first-order valence-corrected chi connectivity index (χ1v) is 6.71. The number of para-hydroxylation sites is 1. The maximum atomic E-state index is 12.2. The van der Waals surface area contributed by atoms with Crippen molar-refractivity contribution in [2.45, 2.75) is 26.8 Å². The molecule has 0 radical (unpaired) electrons. The predicted molar refractivity (Wildman–Crippen MR) is 82.7 cm³/mol.